The highest BCUT2D eigenvalue weighted by Crippen LogP contribution is 2.07. The third-order valence-electron chi connectivity index (χ3n) is 1.76. The second kappa shape index (κ2) is 4.50. The fourth-order valence-electron chi connectivity index (χ4n) is 1.22. The fraction of sp³-hybridized carbons (Fsp3) is 0.500. The van der Waals surface area contributed by atoms with Crippen LogP contribution in [0.1, 0.15) is 5.76 Å². The molecule has 2 rings (SSSR count). The molecule has 0 radical (unpaired) electrons. The molecule has 0 spiro atoms. The predicted octanol–water partition coefficient (Wildman–Crippen LogP) is 1.19. The molecule has 1 unspecified atom stereocenters. The highest BCUT2D eigenvalue weighted by molar-refractivity contribution is 5.85. The molecule has 1 atom stereocenters. The highest BCUT2D eigenvalue weighted by Gasteiger charge is 2.15. The number of rotatable bonds is 2. The van der Waals surface area contributed by atoms with Gasteiger partial charge in [0.05, 0.1) is 12.9 Å². The van der Waals surface area contributed by atoms with Crippen molar-refractivity contribution < 1.29 is 9.15 Å². The van der Waals surface area contributed by atoms with Gasteiger partial charge in [0.25, 0.3) is 0 Å². The Balaban J connectivity index is 0.000000720. The van der Waals surface area contributed by atoms with Crippen LogP contribution in [0.25, 0.3) is 0 Å². The quantitative estimate of drug-likeness (QED) is 0.759. The number of ether oxygens (including phenoxy) is 1. The second-order valence-corrected chi connectivity index (χ2v) is 2.60. The van der Waals surface area contributed by atoms with Gasteiger partial charge in [-0.3, -0.25) is 5.32 Å². The van der Waals surface area contributed by atoms with E-state index in [1.54, 1.807) is 6.26 Å². The van der Waals surface area contributed by atoms with Crippen LogP contribution in [-0.4, -0.2) is 19.4 Å². The van der Waals surface area contributed by atoms with E-state index in [0.29, 0.717) is 0 Å². The molecule has 2 heterocycles. The van der Waals surface area contributed by atoms with Crippen LogP contribution in [0.5, 0.6) is 0 Å². The SMILES string of the molecule is Cl.c1coc(CC2NCCO2)c1. The molecular weight excluding hydrogens is 178 g/mol. The Labute approximate surface area is 77.5 Å². The van der Waals surface area contributed by atoms with Gasteiger partial charge in [-0.1, -0.05) is 0 Å². The van der Waals surface area contributed by atoms with E-state index in [4.69, 9.17) is 9.15 Å². The van der Waals surface area contributed by atoms with Gasteiger partial charge in [0, 0.05) is 13.0 Å². The van der Waals surface area contributed by atoms with Gasteiger partial charge in [-0.05, 0) is 12.1 Å². The van der Waals surface area contributed by atoms with E-state index < -0.39 is 0 Å². The van der Waals surface area contributed by atoms with Gasteiger partial charge in [0.1, 0.15) is 12.0 Å². The van der Waals surface area contributed by atoms with Crippen molar-refractivity contribution in [2.75, 3.05) is 13.2 Å². The molecule has 12 heavy (non-hydrogen) atoms. The first-order valence-electron chi connectivity index (χ1n) is 3.82. The van der Waals surface area contributed by atoms with Crippen molar-refractivity contribution in [1.82, 2.24) is 5.32 Å². The average molecular weight is 190 g/mol. The van der Waals surface area contributed by atoms with E-state index in [-0.39, 0.29) is 18.6 Å². The van der Waals surface area contributed by atoms with Crippen LogP contribution < -0.4 is 5.32 Å². The standard InChI is InChI=1S/C8H11NO2.ClH/c1-2-7(10-4-1)6-8-9-3-5-11-8;/h1-2,4,8-9H,3,5-6H2;1H. The predicted molar refractivity (Wildman–Crippen MR) is 47.4 cm³/mol. The molecule has 0 amide bonds. The maximum atomic E-state index is 5.36. The van der Waals surface area contributed by atoms with Gasteiger partial charge in [-0.2, -0.15) is 0 Å². The third-order valence-corrected chi connectivity index (χ3v) is 1.76. The lowest BCUT2D eigenvalue weighted by atomic mass is 10.3. The van der Waals surface area contributed by atoms with Gasteiger partial charge >= 0.3 is 0 Å². The van der Waals surface area contributed by atoms with E-state index in [1.165, 1.54) is 0 Å². The average Bonchev–Trinajstić information content (AvgIpc) is 2.60. The minimum absolute atomic E-state index is 0. The van der Waals surface area contributed by atoms with Gasteiger partial charge in [-0.15, -0.1) is 12.4 Å². The van der Waals surface area contributed by atoms with E-state index in [9.17, 15) is 0 Å². The summed E-state index contributed by atoms with van der Waals surface area (Å²) in [5.41, 5.74) is 0. The van der Waals surface area contributed by atoms with Gasteiger partial charge in [0.2, 0.25) is 0 Å². The van der Waals surface area contributed by atoms with Crippen molar-refractivity contribution >= 4 is 12.4 Å². The first-order chi connectivity index (χ1) is 5.45. The number of hydrogen-bond donors (Lipinski definition) is 1. The Morgan fingerprint density at radius 3 is 3.08 bits per heavy atom. The molecule has 1 fully saturated rings. The lowest BCUT2D eigenvalue weighted by molar-refractivity contribution is 0.0972. The summed E-state index contributed by atoms with van der Waals surface area (Å²) in [6.45, 7) is 1.76. The first kappa shape index (κ1) is 9.58. The molecule has 0 bridgehead atoms. The lowest BCUT2D eigenvalue weighted by Crippen LogP contribution is -2.24. The van der Waals surface area contributed by atoms with Crippen molar-refractivity contribution in [2.24, 2.45) is 0 Å². The number of furan rings is 1. The van der Waals surface area contributed by atoms with Gasteiger partial charge in [-0.25, -0.2) is 0 Å². The molecule has 1 aliphatic heterocycles. The zero-order valence-corrected chi connectivity index (χ0v) is 7.47. The van der Waals surface area contributed by atoms with Crippen molar-refractivity contribution in [3.05, 3.63) is 24.2 Å². The fourth-order valence-corrected chi connectivity index (χ4v) is 1.22. The molecule has 1 saturated heterocycles. The maximum Gasteiger partial charge on any atom is 0.115 e. The lowest BCUT2D eigenvalue weighted by Gasteiger charge is -2.06. The molecule has 1 aromatic rings. The minimum Gasteiger partial charge on any atom is -0.469 e. The van der Waals surface area contributed by atoms with Crippen LogP contribution in [0.2, 0.25) is 0 Å². The smallest absolute Gasteiger partial charge is 0.115 e. The van der Waals surface area contributed by atoms with Crippen LogP contribution in [0.3, 0.4) is 0 Å². The van der Waals surface area contributed by atoms with Crippen LogP contribution in [0.15, 0.2) is 22.8 Å². The van der Waals surface area contributed by atoms with Crippen LogP contribution >= 0.6 is 12.4 Å². The Hall–Kier alpha value is -0.510. The van der Waals surface area contributed by atoms with Crippen molar-refractivity contribution in [1.29, 1.82) is 0 Å². The zero-order chi connectivity index (χ0) is 7.52. The molecule has 1 aliphatic rings. The summed E-state index contributed by atoms with van der Waals surface area (Å²) in [6, 6.07) is 3.85. The number of halogens is 1. The summed E-state index contributed by atoms with van der Waals surface area (Å²) < 4.78 is 10.5. The molecule has 0 aliphatic carbocycles. The Morgan fingerprint density at radius 1 is 1.58 bits per heavy atom. The monoisotopic (exact) mass is 189 g/mol. The van der Waals surface area contributed by atoms with Crippen molar-refractivity contribution in [2.45, 2.75) is 12.6 Å². The normalized spacial score (nSPS) is 22.2. The van der Waals surface area contributed by atoms with Gasteiger partial charge in [0.15, 0.2) is 0 Å². The van der Waals surface area contributed by atoms with E-state index >= 15 is 0 Å². The van der Waals surface area contributed by atoms with Crippen LogP contribution in [0, 0.1) is 0 Å². The third kappa shape index (κ3) is 2.24. The molecule has 1 N–H and O–H groups in total. The largest absolute Gasteiger partial charge is 0.469 e. The minimum atomic E-state index is 0. The van der Waals surface area contributed by atoms with Crippen LogP contribution in [-0.2, 0) is 11.2 Å². The Morgan fingerprint density at radius 2 is 2.50 bits per heavy atom. The van der Waals surface area contributed by atoms with Crippen molar-refractivity contribution in [3.63, 3.8) is 0 Å². The second-order valence-electron chi connectivity index (χ2n) is 2.60. The first-order valence-corrected chi connectivity index (χ1v) is 3.82. The maximum absolute atomic E-state index is 5.36. The zero-order valence-electron chi connectivity index (χ0n) is 6.66. The molecule has 1 aromatic heterocycles. The molecular formula is C8H12ClNO2. The molecule has 3 nitrogen and oxygen atoms in total. The van der Waals surface area contributed by atoms with E-state index in [0.717, 1.165) is 25.3 Å². The molecule has 4 heteroatoms. The highest BCUT2D eigenvalue weighted by atomic mass is 35.5. The summed E-state index contributed by atoms with van der Waals surface area (Å²) in [4.78, 5) is 0. The topological polar surface area (TPSA) is 34.4 Å². The summed E-state index contributed by atoms with van der Waals surface area (Å²) in [6.07, 6.45) is 2.67. The Kier molecular flexibility index (Phi) is 3.59. The summed E-state index contributed by atoms with van der Waals surface area (Å²) in [5, 5.41) is 3.21. The van der Waals surface area contributed by atoms with Gasteiger partial charge < -0.3 is 9.15 Å². The van der Waals surface area contributed by atoms with E-state index in [2.05, 4.69) is 5.32 Å². The summed E-state index contributed by atoms with van der Waals surface area (Å²) in [5.74, 6) is 0.976. The number of hydrogen-bond acceptors (Lipinski definition) is 3. The summed E-state index contributed by atoms with van der Waals surface area (Å²) in [7, 11) is 0. The number of nitrogens with one attached hydrogen (secondary N) is 1. The van der Waals surface area contributed by atoms with E-state index in [1.807, 2.05) is 12.1 Å². The summed E-state index contributed by atoms with van der Waals surface area (Å²) >= 11 is 0. The molecule has 0 aromatic carbocycles. The van der Waals surface area contributed by atoms with Crippen LogP contribution in [0.4, 0.5) is 0 Å². The Bertz CT molecular complexity index is 207. The molecule has 0 saturated carbocycles. The van der Waals surface area contributed by atoms with Crippen molar-refractivity contribution in [3.8, 4) is 0 Å². The molecule has 68 valence electrons.